The Kier molecular flexibility index (Phi) is 8.21. The van der Waals surface area contributed by atoms with Crippen molar-refractivity contribution in [1.29, 1.82) is 0 Å². The van der Waals surface area contributed by atoms with Crippen LogP contribution in [0.15, 0.2) is 42.5 Å². The van der Waals surface area contributed by atoms with E-state index in [1.165, 1.54) is 17.0 Å². The van der Waals surface area contributed by atoms with Crippen LogP contribution in [0.3, 0.4) is 0 Å². The molecular formula is C23H28ClFN2O2. The van der Waals surface area contributed by atoms with Crippen LogP contribution in [0.1, 0.15) is 43.9 Å². The number of amides is 2. The Labute approximate surface area is 177 Å². The SMILES string of the molecule is CC[C@@H](C)NC(=O)[C@H](C)N(Cc1ccccc1C)C(=O)Cc1c(F)cccc1Cl. The van der Waals surface area contributed by atoms with Crippen molar-refractivity contribution in [2.24, 2.45) is 0 Å². The van der Waals surface area contributed by atoms with Crippen LogP contribution in [-0.2, 0) is 22.6 Å². The Hall–Kier alpha value is -2.40. The van der Waals surface area contributed by atoms with E-state index in [-0.39, 0.29) is 41.4 Å². The number of aryl methyl sites for hydroxylation is 1. The minimum atomic E-state index is -0.707. The summed E-state index contributed by atoms with van der Waals surface area (Å²) in [4.78, 5) is 27.4. The van der Waals surface area contributed by atoms with Crippen molar-refractivity contribution in [3.05, 3.63) is 70.0 Å². The summed E-state index contributed by atoms with van der Waals surface area (Å²) in [5.74, 6) is -1.12. The first kappa shape index (κ1) is 22.9. The monoisotopic (exact) mass is 418 g/mol. The van der Waals surface area contributed by atoms with Crippen molar-refractivity contribution < 1.29 is 14.0 Å². The number of benzene rings is 2. The Morgan fingerprint density at radius 3 is 2.45 bits per heavy atom. The summed E-state index contributed by atoms with van der Waals surface area (Å²) in [5, 5.41) is 3.12. The van der Waals surface area contributed by atoms with Crippen molar-refractivity contribution >= 4 is 23.4 Å². The lowest BCUT2D eigenvalue weighted by Gasteiger charge is -2.30. The minimum absolute atomic E-state index is 0.00127. The van der Waals surface area contributed by atoms with Crippen molar-refractivity contribution in [1.82, 2.24) is 10.2 Å². The highest BCUT2D eigenvalue weighted by atomic mass is 35.5. The zero-order valence-electron chi connectivity index (χ0n) is 17.3. The fourth-order valence-electron chi connectivity index (χ4n) is 2.97. The Morgan fingerprint density at radius 1 is 1.14 bits per heavy atom. The fourth-order valence-corrected chi connectivity index (χ4v) is 3.20. The summed E-state index contributed by atoms with van der Waals surface area (Å²) in [5.41, 5.74) is 2.09. The molecule has 0 fully saturated rings. The number of carbonyl (C=O) groups is 2. The lowest BCUT2D eigenvalue weighted by Crippen LogP contribution is -2.50. The quantitative estimate of drug-likeness (QED) is 0.677. The van der Waals surface area contributed by atoms with Gasteiger partial charge in [0.2, 0.25) is 11.8 Å². The average Bonchev–Trinajstić information content (AvgIpc) is 2.69. The molecule has 156 valence electrons. The summed E-state index contributed by atoms with van der Waals surface area (Å²) in [6.45, 7) is 7.79. The summed E-state index contributed by atoms with van der Waals surface area (Å²) in [6.07, 6.45) is 0.577. The average molecular weight is 419 g/mol. The second-order valence-corrected chi connectivity index (χ2v) is 7.73. The van der Waals surface area contributed by atoms with Crippen molar-refractivity contribution in [3.8, 4) is 0 Å². The van der Waals surface area contributed by atoms with Gasteiger partial charge < -0.3 is 10.2 Å². The van der Waals surface area contributed by atoms with Gasteiger partial charge in [0.25, 0.3) is 0 Å². The van der Waals surface area contributed by atoms with E-state index in [4.69, 9.17) is 11.6 Å². The van der Waals surface area contributed by atoms with Gasteiger partial charge in [0, 0.05) is 23.2 Å². The standard InChI is InChI=1S/C23H28ClFN2O2/c1-5-16(3)26-23(29)17(4)27(14-18-10-7-6-9-15(18)2)22(28)13-19-20(24)11-8-12-21(19)25/h6-12,16-17H,5,13-14H2,1-4H3,(H,26,29)/t16-,17+/m1/s1. The van der Waals surface area contributed by atoms with E-state index in [0.29, 0.717) is 0 Å². The Morgan fingerprint density at radius 2 is 1.83 bits per heavy atom. The topological polar surface area (TPSA) is 49.4 Å². The zero-order chi connectivity index (χ0) is 21.6. The summed E-state index contributed by atoms with van der Waals surface area (Å²) in [7, 11) is 0. The molecule has 0 aromatic heterocycles. The molecule has 2 atom stereocenters. The second kappa shape index (κ2) is 10.4. The fraction of sp³-hybridized carbons (Fsp3) is 0.391. The van der Waals surface area contributed by atoms with Crippen molar-refractivity contribution in [3.63, 3.8) is 0 Å². The molecule has 6 heteroatoms. The molecule has 2 aromatic rings. The molecule has 29 heavy (non-hydrogen) atoms. The third-order valence-corrected chi connectivity index (χ3v) is 5.51. The maximum absolute atomic E-state index is 14.2. The van der Waals surface area contributed by atoms with E-state index in [2.05, 4.69) is 5.32 Å². The molecule has 1 N–H and O–H groups in total. The van der Waals surface area contributed by atoms with Gasteiger partial charge in [-0.1, -0.05) is 48.9 Å². The normalized spacial score (nSPS) is 12.9. The molecule has 4 nitrogen and oxygen atoms in total. The van der Waals surface area contributed by atoms with Gasteiger partial charge in [0.05, 0.1) is 6.42 Å². The van der Waals surface area contributed by atoms with E-state index < -0.39 is 11.9 Å². The number of nitrogens with zero attached hydrogens (tertiary/aromatic N) is 1. The largest absolute Gasteiger partial charge is 0.352 e. The number of hydrogen-bond acceptors (Lipinski definition) is 2. The predicted molar refractivity (Wildman–Crippen MR) is 114 cm³/mol. The lowest BCUT2D eigenvalue weighted by molar-refractivity contribution is -0.140. The Bertz CT molecular complexity index is 851. The molecule has 0 aliphatic rings. The molecule has 0 bridgehead atoms. The van der Waals surface area contributed by atoms with Crippen LogP contribution in [0.25, 0.3) is 0 Å². The highest BCUT2D eigenvalue weighted by Gasteiger charge is 2.28. The van der Waals surface area contributed by atoms with Gasteiger partial charge in [-0.25, -0.2) is 4.39 Å². The third kappa shape index (κ3) is 6.04. The molecule has 0 saturated heterocycles. The molecule has 0 radical (unpaired) electrons. The number of hydrogen-bond donors (Lipinski definition) is 1. The van der Waals surface area contributed by atoms with E-state index in [9.17, 15) is 14.0 Å². The lowest BCUT2D eigenvalue weighted by atomic mass is 10.1. The van der Waals surface area contributed by atoms with E-state index in [1.54, 1.807) is 13.0 Å². The molecule has 2 amide bonds. The molecule has 0 heterocycles. The van der Waals surface area contributed by atoms with Gasteiger partial charge in [0.15, 0.2) is 0 Å². The van der Waals surface area contributed by atoms with Crippen LogP contribution in [0.5, 0.6) is 0 Å². The maximum atomic E-state index is 14.2. The highest BCUT2D eigenvalue weighted by Crippen LogP contribution is 2.22. The Balaban J connectivity index is 2.31. The molecule has 0 unspecified atom stereocenters. The van der Waals surface area contributed by atoms with Gasteiger partial charge in [-0.3, -0.25) is 9.59 Å². The summed E-state index contributed by atoms with van der Waals surface area (Å²) >= 11 is 6.10. The molecule has 0 spiro atoms. The van der Waals surface area contributed by atoms with Crippen molar-refractivity contribution in [2.45, 2.75) is 59.2 Å². The van der Waals surface area contributed by atoms with Crippen LogP contribution >= 0.6 is 11.6 Å². The van der Waals surface area contributed by atoms with Gasteiger partial charge in [-0.05, 0) is 50.5 Å². The summed E-state index contributed by atoms with van der Waals surface area (Å²) in [6, 6.07) is 11.3. The van der Waals surface area contributed by atoms with E-state index in [0.717, 1.165) is 17.5 Å². The first-order valence-electron chi connectivity index (χ1n) is 9.81. The van der Waals surface area contributed by atoms with Gasteiger partial charge in [-0.15, -0.1) is 0 Å². The first-order chi connectivity index (χ1) is 13.7. The molecule has 0 aliphatic carbocycles. The first-order valence-corrected chi connectivity index (χ1v) is 10.2. The number of rotatable bonds is 8. The predicted octanol–water partition coefficient (Wildman–Crippen LogP) is 4.66. The van der Waals surface area contributed by atoms with E-state index in [1.807, 2.05) is 45.0 Å². The minimum Gasteiger partial charge on any atom is -0.352 e. The number of nitrogens with one attached hydrogen (secondary N) is 1. The molecule has 2 aromatic carbocycles. The smallest absolute Gasteiger partial charge is 0.242 e. The van der Waals surface area contributed by atoms with Crippen LogP contribution in [0, 0.1) is 12.7 Å². The summed E-state index contributed by atoms with van der Waals surface area (Å²) < 4.78 is 14.2. The van der Waals surface area contributed by atoms with Crippen LogP contribution in [0.4, 0.5) is 4.39 Å². The maximum Gasteiger partial charge on any atom is 0.242 e. The van der Waals surface area contributed by atoms with Gasteiger partial charge >= 0.3 is 0 Å². The number of carbonyl (C=O) groups excluding carboxylic acids is 2. The zero-order valence-corrected chi connectivity index (χ0v) is 18.1. The number of halogens is 2. The van der Waals surface area contributed by atoms with Gasteiger partial charge in [0.1, 0.15) is 11.9 Å². The van der Waals surface area contributed by atoms with Crippen LogP contribution in [-0.4, -0.2) is 28.8 Å². The third-order valence-electron chi connectivity index (χ3n) is 5.16. The molecular weight excluding hydrogens is 391 g/mol. The van der Waals surface area contributed by atoms with Crippen molar-refractivity contribution in [2.75, 3.05) is 0 Å². The molecule has 0 aliphatic heterocycles. The second-order valence-electron chi connectivity index (χ2n) is 7.32. The molecule has 0 saturated carbocycles. The van der Waals surface area contributed by atoms with Gasteiger partial charge in [-0.2, -0.15) is 0 Å². The van der Waals surface area contributed by atoms with Crippen LogP contribution < -0.4 is 5.32 Å². The molecule has 2 rings (SSSR count). The van der Waals surface area contributed by atoms with Crippen LogP contribution in [0.2, 0.25) is 5.02 Å². The van der Waals surface area contributed by atoms with E-state index >= 15 is 0 Å². The highest BCUT2D eigenvalue weighted by molar-refractivity contribution is 6.31.